The van der Waals surface area contributed by atoms with E-state index in [-0.39, 0.29) is 5.56 Å². The van der Waals surface area contributed by atoms with Crippen LogP contribution in [-0.4, -0.2) is 26.7 Å². The third-order valence-electron chi connectivity index (χ3n) is 6.33. The molecule has 1 aliphatic rings. The fourth-order valence-corrected chi connectivity index (χ4v) is 5.07. The number of hydrogen-bond donors (Lipinski definition) is 1. The van der Waals surface area contributed by atoms with Gasteiger partial charge in [0.25, 0.3) is 5.91 Å². The van der Waals surface area contributed by atoms with Crippen molar-refractivity contribution < 1.29 is 22.7 Å². The van der Waals surface area contributed by atoms with Gasteiger partial charge in [-0.3, -0.25) is 9.48 Å². The van der Waals surface area contributed by atoms with E-state index in [1.165, 1.54) is 20.0 Å². The lowest BCUT2D eigenvalue weighted by molar-refractivity contribution is -0.137. The summed E-state index contributed by atoms with van der Waals surface area (Å²) in [6.07, 6.45) is 2.07. The summed E-state index contributed by atoms with van der Waals surface area (Å²) < 4.78 is 46.5. The summed E-state index contributed by atoms with van der Waals surface area (Å²) in [5, 5.41) is 8.36. The molecule has 0 aliphatic heterocycles. The van der Waals surface area contributed by atoms with Crippen molar-refractivity contribution in [3.05, 3.63) is 53.7 Å². The van der Waals surface area contributed by atoms with Crippen LogP contribution in [0.15, 0.2) is 42.6 Å². The lowest BCUT2D eigenvalue weighted by Crippen LogP contribution is -2.22. The van der Waals surface area contributed by atoms with Gasteiger partial charge in [-0.2, -0.15) is 18.3 Å². The minimum Gasteiger partial charge on any atom is -0.494 e. The highest BCUT2D eigenvalue weighted by molar-refractivity contribution is 14.1. The molecule has 0 saturated heterocycles. The number of ether oxygens (including phenoxy) is 1. The van der Waals surface area contributed by atoms with Gasteiger partial charge in [0.05, 0.1) is 29.9 Å². The zero-order valence-corrected chi connectivity index (χ0v) is 20.5. The van der Waals surface area contributed by atoms with Crippen LogP contribution < -0.4 is 10.1 Å². The van der Waals surface area contributed by atoms with Gasteiger partial charge in [0.1, 0.15) is 5.75 Å². The minimum atomic E-state index is -4.45. The van der Waals surface area contributed by atoms with Crippen molar-refractivity contribution >= 4 is 45.1 Å². The second kappa shape index (κ2) is 9.52. The largest absolute Gasteiger partial charge is 0.494 e. The van der Waals surface area contributed by atoms with E-state index in [0.717, 1.165) is 53.9 Å². The van der Waals surface area contributed by atoms with Crippen LogP contribution in [0.2, 0.25) is 0 Å². The van der Waals surface area contributed by atoms with Crippen LogP contribution in [0.3, 0.4) is 0 Å². The summed E-state index contributed by atoms with van der Waals surface area (Å²) >= 11 is 2.50. The lowest BCUT2D eigenvalue weighted by Gasteiger charge is -2.30. The van der Waals surface area contributed by atoms with Crippen LogP contribution in [0, 0.1) is 5.92 Å². The summed E-state index contributed by atoms with van der Waals surface area (Å²) in [6, 6.07) is 8.02. The van der Waals surface area contributed by atoms with Crippen molar-refractivity contribution in [2.75, 3.05) is 12.4 Å². The second-order valence-electron chi connectivity index (χ2n) is 8.50. The molecule has 4 rings (SSSR count). The number of carbonyl (C=O) groups is 1. The average Bonchev–Trinajstić information content (AvgIpc) is 3.21. The van der Waals surface area contributed by atoms with E-state index in [0.29, 0.717) is 21.4 Å². The number of hydrogen-bond acceptors (Lipinski definition) is 3. The first-order valence-electron chi connectivity index (χ1n) is 10.9. The van der Waals surface area contributed by atoms with E-state index >= 15 is 0 Å². The van der Waals surface area contributed by atoms with Crippen molar-refractivity contribution in [1.82, 2.24) is 9.78 Å². The molecular weight excluding hydrogens is 546 g/mol. The summed E-state index contributed by atoms with van der Waals surface area (Å²) in [5.41, 5.74) is 0.537. The number of carbonyl (C=O) groups excluding carboxylic acids is 1. The molecule has 1 N–H and O–H groups in total. The van der Waals surface area contributed by atoms with Crippen LogP contribution in [0.25, 0.3) is 10.9 Å². The number of benzene rings is 2. The number of anilines is 1. The Bertz CT molecular complexity index is 1130. The summed E-state index contributed by atoms with van der Waals surface area (Å²) in [5.74, 6) is 0.675. The Morgan fingerprint density at radius 1 is 1.18 bits per heavy atom. The molecule has 0 radical (unpaired) electrons. The van der Waals surface area contributed by atoms with Crippen molar-refractivity contribution in [3.63, 3.8) is 0 Å². The van der Waals surface area contributed by atoms with Crippen molar-refractivity contribution in [1.29, 1.82) is 0 Å². The Kier molecular flexibility index (Phi) is 6.88. The number of amides is 1. The highest BCUT2D eigenvalue weighted by Crippen LogP contribution is 2.37. The van der Waals surface area contributed by atoms with Gasteiger partial charge in [0.2, 0.25) is 0 Å². The molecule has 1 atom stereocenters. The topological polar surface area (TPSA) is 56.1 Å². The highest BCUT2D eigenvalue weighted by atomic mass is 127. The van der Waals surface area contributed by atoms with E-state index in [2.05, 4.69) is 34.8 Å². The predicted octanol–water partition coefficient (Wildman–Crippen LogP) is 6.87. The first-order chi connectivity index (χ1) is 15.7. The number of halogens is 4. The van der Waals surface area contributed by atoms with E-state index in [9.17, 15) is 18.0 Å². The highest BCUT2D eigenvalue weighted by Gasteiger charge is 2.30. The average molecular weight is 571 g/mol. The van der Waals surface area contributed by atoms with Crippen molar-refractivity contribution in [3.8, 4) is 5.75 Å². The Labute approximate surface area is 203 Å². The molecule has 0 bridgehead atoms. The molecule has 0 spiro atoms. The number of aromatic nitrogens is 2. The van der Waals surface area contributed by atoms with Crippen LogP contribution >= 0.6 is 22.6 Å². The van der Waals surface area contributed by atoms with Gasteiger partial charge in [-0.25, -0.2) is 0 Å². The van der Waals surface area contributed by atoms with Crippen LogP contribution in [-0.2, 0) is 6.18 Å². The van der Waals surface area contributed by atoms with E-state index in [4.69, 9.17) is 9.84 Å². The van der Waals surface area contributed by atoms with Gasteiger partial charge < -0.3 is 10.1 Å². The van der Waals surface area contributed by atoms with E-state index < -0.39 is 17.6 Å². The molecule has 9 heteroatoms. The van der Waals surface area contributed by atoms with Gasteiger partial charge in [-0.05, 0) is 61.9 Å². The summed E-state index contributed by atoms with van der Waals surface area (Å²) in [7, 11) is 1.50. The van der Waals surface area contributed by atoms with E-state index in [1.807, 2.05) is 10.9 Å². The minimum absolute atomic E-state index is 0.127. The fraction of sp³-hybridized carbons (Fsp3) is 0.417. The number of nitrogens with zero attached hydrogens (tertiary/aromatic N) is 2. The molecule has 1 amide bonds. The molecule has 1 saturated carbocycles. The maximum Gasteiger partial charge on any atom is 0.416 e. The van der Waals surface area contributed by atoms with E-state index in [1.54, 1.807) is 12.1 Å². The van der Waals surface area contributed by atoms with Gasteiger partial charge in [-0.15, -0.1) is 0 Å². The lowest BCUT2D eigenvalue weighted by atomic mass is 9.84. The smallest absolute Gasteiger partial charge is 0.416 e. The van der Waals surface area contributed by atoms with Crippen LogP contribution in [0.1, 0.15) is 54.6 Å². The van der Waals surface area contributed by atoms with Gasteiger partial charge in [0.15, 0.2) is 0 Å². The quantitative estimate of drug-likeness (QED) is 0.269. The molecule has 5 nitrogen and oxygen atoms in total. The molecule has 3 aromatic rings. The van der Waals surface area contributed by atoms with Crippen molar-refractivity contribution in [2.24, 2.45) is 5.92 Å². The molecular formula is C24H25F3IN3O2. The van der Waals surface area contributed by atoms with Gasteiger partial charge in [0, 0.05) is 27.1 Å². The van der Waals surface area contributed by atoms with Crippen molar-refractivity contribution in [2.45, 2.75) is 48.7 Å². The van der Waals surface area contributed by atoms with Gasteiger partial charge >= 0.3 is 6.18 Å². The second-order valence-corrected chi connectivity index (χ2v) is 10.5. The SMILES string of the molecule is COc1cc2nn(C3CCC(C(C)I)CC3)cc2cc1NC(=O)c1ccc(C(F)(F)F)cc1. The first-order valence-corrected chi connectivity index (χ1v) is 12.1. The molecule has 176 valence electrons. The Hall–Kier alpha value is -2.30. The maximum absolute atomic E-state index is 12.8. The number of methoxy groups -OCH3 is 1. The molecule has 1 fully saturated rings. The number of rotatable bonds is 5. The van der Waals surface area contributed by atoms with Gasteiger partial charge in [-0.1, -0.05) is 29.5 Å². The number of nitrogens with one attached hydrogen (secondary N) is 1. The molecule has 1 unspecified atom stereocenters. The molecule has 1 aliphatic carbocycles. The molecule has 1 heterocycles. The Morgan fingerprint density at radius 3 is 2.42 bits per heavy atom. The molecule has 2 aromatic carbocycles. The normalized spacial score (nSPS) is 19.9. The number of alkyl halides is 4. The maximum atomic E-state index is 12.8. The first kappa shape index (κ1) is 23.8. The zero-order valence-electron chi connectivity index (χ0n) is 18.3. The molecule has 33 heavy (non-hydrogen) atoms. The number of fused-ring (bicyclic) bond motifs is 1. The standard InChI is InChI=1S/C24H25F3IN3O2/c1-14(28)15-5-9-19(10-6-15)31-13-17-11-21(22(33-2)12-20(17)30-31)29-23(32)16-3-7-18(8-4-16)24(25,26)27/h3-4,7-8,11-15,19H,5-6,9-10H2,1-2H3,(H,29,32). The predicted molar refractivity (Wildman–Crippen MR) is 130 cm³/mol. The Balaban J connectivity index is 1.54. The monoisotopic (exact) mass is 571 g/mol. The summed E-state index contributed by atoms with van der Waals surface area (Å²) in [6.45, 7) is 2.26. The Morgan fingerprint density at radius 2 is 1.85 bits per heavy atom. The van der Waals surface area contributed by atoms with Crippen LogP contribution in [0.5, 0.6) is 5.75 Å². The fourth-order valence-electron chi connectivity index (χ4n) is 4.36. The third kappa shape index (κ3) is 5.28. The van der Waals surface area contributed by atoms with Crippen LogP contribution in [0.4, 0.5) is 18.9 Å². The third-order valence-corrected chi connectivity index (χ3v) is 7.35. The summed E-state index contributed by atoms with van der Waals surface area (Å²) in [4.78, 5) is 12.6. The molecule has 1 aromatic heterocycles. The zero-order chi connectivity index (χ0) is 23.8.